The van der Waals surface area contributed by atoms with Crippen LogP contribution in [0.3, 0.4) is 0 Å². The summed E-state index contributed by atoms with van der Waals surface area (Å²) in [5.74, 6) is 0.0791. The van der Waals surface area contributed by atoms with E-state index in [1.807, 2.05) is 11.3 Å². The zero-order valence-electron chi connectivity index (χ0n) is 36.7. The Kier molecular flexibility index (Phi) is 8.99. The highest BCUT2D eigenvalue weighted by molar-refractivity contribution is 7.25. The molecular formula is C63H45NSSi. The Morgan fingerprint density at radius 3 is 1.70 bits per heavy atom. The molecule has 14 rings (SSSR count). The van der Waals surface area contributed by atoms with E-state index in [0.717, 1.165) is 0 Å². The maximum Gasteiger partial charge on any atom is 0.179 e. The molecule has 3 aliphatic rings. The van der Waals surface area contributed by atoms with E-state index < -0.39 is 8.07 Å². The smallest absolute Gasteiger partial charge is 0.179 e. The highest BCUT2D eigenvalue weighted by Gasteiger charge is 2.51. The summed E-state index contributed by atoms with van der Waals surface area (Å²) in [4.78, 5) is 0. The third-order valence-electron chi connectivity index (χ3n) is 14.7. The average molecular weight is 876 g/mol. The molecule has 3 heteroatoms. The minimum atomic E-state index is -3.00. The lowest BCUT2D eigenvalue weighted by Crippen LogP contribution is -2.69. The van der Waals surface area contributed by atoms with E-state index in [-0.39, 0.29) is 11.8 Å². The largest absolute Gasteiger partial charge is 0.309 e. The predicted octanol–water partition coefficient (Wildman–Crippen LogP) is 14.5. The molecule has 2 bridgehead atoms. The quantitative estimate of drug-likeness (QED) is 0.0814. The van der Waals surface area contributed by atoms with Crippen LogP contribution in [0.25, 0.3) is 58.8 Å². The first-order valence-electron chi connectivity index (χ1n) is 23.0. The van der Waals surface area contributed by atoms with Gasteiger partial charge in [0.2, 0.25) is 0 Å². The van der Waals surface area contributed by atoms with Gasteiger partial charge in [0, 0.05) is 42.8 Å². The molecule has 2 atom stereocenters. The Hall–Kier alpha value is -7.56. The molecule has 312 valence electrons. The molecule has 2 unspecified atom stereocenters. The number of thiophene rings is 1. The number of hydrogen-bond acceptors (Lipinski definition) is 1. The fraction of sp³-hybridized carbons (Fsp3) is 0.0476. The third-order valence-corrected chi connectivity index (χ3v) is 20.7. The molecule has 0 radical (unpaired) electrons. The molecule has 1 nitrogen and oxygen atoms in total. The van der Waals surface area contributed by atoms with Gasteiger partial charge < -0.3 is 4.57 Å². The Balaban J connectivity index is 1.06. The molecule has 0 spiro atoms. The van der Waals surface area contributed by atoms with Crippen LogP contribution in [0.15, 0.2) is 253 Å². The molecule has 11 aromatic rings. The van der Waals surface area contributed by atoms with Gasteiger partial charge in [-0.3, -0.25) is 0 Å². The van der Waals surface area contributed by atoms with Gasteiger partial charge in [-0.2, -0.15) is 0 Å². The van der Waals surface area contributed by atoms with Gasteiger partial charge in [0.15, 0.2) is 8.07 Å². The Morgan fingerprint density at radius 2 is 1.02 bits per heavy atom. The van der Waals surface area contributed by atoms with Gasteiger partial charge in [0.05, 0.1) is 16.7 Å². The van der Waals surface area contributed by atoms with Gasteiger partial charge in [-0.15, -0.1) is 11.3 Å². The molecule has 0 amide bonds. The topological polar surface area (TPSA) is 4.93 Å². The van der Waals surface area contributed by atoms with Crippen molar-refractivity contribution in [2.45, 2.75) is 18.8 Å². The number of aromatic nitrogens is 1. The third kappa shape index (κ3) is 5.57. The average Bonchev–Trinajstić information content (AvgIpc) is 3.92. The molecule has 2 heterocycles. The van der Waals surface area contributed by atoms with Crippen molar-refractivity contribution in [3.05, 3.63) is 276 Å². The van der Waals surface area contributed by atoms with E-state index in [2.05, 4.69) is 249 Å². The Labute approximate surface area is 390 Å². The maximum atomic E-state index is 4.47. The first kappa shape index (κ1) is 38.9. The molecule has 9 aromatic carbocycles. The van der Waals surface area contributed by atoms with Crippen LogP contribution in [0.5, 0.6) is 0 Å². The number of allylic oxidation sites excluding steroid dienone is 5. The van der Waals surface area contributed by atoms with Gasteiger partial charge in [-0.05, 0) is 109 Å². The number of fused-ring (bicyclic) bond motifs is 6. The zero-order chi connectivity index (χ0) is 43.9. The second-order valence-corrected chi connectivity index (χ2v) is 22.8. The SMILES string of the molecule is C=C/C=C(\C1=C(C)C2c3ccccc3C1c1c2cccc1-n1c2ccccc2c2cc(-c3ccc4sc5ccccc5c4c3)ccc21)[Si](c1ccccc1)(c1ccccc1)c1ccccc1. The van der Waals surface area contributed by atoms with E-state index in [0.29, 0.717) is 0 Å². The van der Waals surface area contributed by atoms with Crippen LogP contribution in [0, 0.1) is 0 Å². The van der Waals surface area contributed by atoms with Crippen molar-refractivity contribution < 1.29 is 0 Å². The van der Waals surface area contributed by atoms with Crippen molar-refractivity contribution in [3.63, 3.8) is 0 Å². The molecule has 0 aliphatic heterocycles. The second-order valence-electron chi connectivity index (χ2n) is 17.9. The summed E-state index contributed by atoms with van der Waals surface area (Å²) >= 11 is 1.87. The number of rotatable bonds is 8. The van der Waals surface area contributed by atoms with Gasteiger partial charge in [0.1, 0.15) is 0 Å². The fourth-order valence-electron chi connectivity index (χ4n) is 12.1. The molecule has 3 aliphatic carbocycles. The van der Waals surface area contributed by atoms with E-state index in [1.54, 1.807) is 0 Å². The summed E-state index contributed by atoms with van der Waals surface area (Å²) in [6.07, 6.45) is 4.44. The molecule has 0 saturated heterocycles. The number of para-hydroxylation sites is 1. The van der Waals surface area contributed by atoms with E-state index >= 15 is 0 Å². The standard InChI is InChI=1S/C63H45NSSi/c1-3-20-59(66(44-21-7-4-8-22-44,45-23-9-5-10-24-45)46-25-11-6-12-26-46)61-41(2)60-49-29-13-14-30-50(49)63(61)62-51(60)31-19-33-56(62)64-54-32-17-15-27-47(54)52-39-42(35-37-55(52)64)43-36-38-58-53(40-43)48-28-16-18-34-57(48)65-58/h3-40,60,63H,1H2,2H3/b59-20+. The van der Waals surface area contributed by atoms with E-state index in [4.69, 9.17) is 0 Å². The van der Waals surface area contributed by atoms with Crippen molar-refractivity contribution in [1.29, 1.82) is 0 Å². The van der Waals surface area contributed by atoms with Gasteiger partial charge in [-0.1, -0.05) is 200 Å². The summed E-state index contributed by atoms with van der Waals surface area (Å²) < 4.78 is 5.24. The lowest BCUT2D eigenvalue weighted by atomic mass is 9.60. The van der Waals surface area contributed by atoms with Crippen molar-refractivity contribution in [1.82, 2.24) is 4.57 Å². The first-order valence-corrected chi connectivity index (χ1v) is 25.8. The molecule has 0 fully saturated rings. The van der Waals surface area contributed by atoms with Crippen molar-refractivity contribution in [2.24, 2.45) is 0 Å². The molecule has 0 saturated carbocycles. The van der Waals surface area contributed by atoms with E-state index in [9.17, 15) is 0 Å². The lowest BCUT2D eigenvalue weighted by molar-refractivity contribution is 0.734. The minimum absolute atomic E-state index is 0.0192. The summed E-state index contributed by atoms with van der Waals surface area (Å²) in [6.45, 7) is 6.89. The highest BCUT2D eigenvalue weighted by atomic mass is 32.1. The van der Waals surface area contributed by atoms with Gasteiger partial charge in [-0.25, -0.2) is 0 Å². The second kappa shape index (κ2) is 15.3. The predicted molar refractivity (Wildman–Crippen MR) is 284 cm³/mol. The monoisotopic (exact) mass is 875 g/mol. The van der Waals surface area contributed by atoms with Crippen molar-refractivity contribution in [3.8, 4) is 16.8 Å². The van der Waals surface area contributed by atoms with Gasteiger partial charge >= 0.3 is 0 Å². The highest BCUT2D eigenvalue weighted by Crippen LogP contribution is 2.59. The van der Waals surface area contributed by atoms with Crippen LogP contribution in [0.4, 0.5) is 0 Å². The van der Waals surface area contributed by atoms with Crippen LogP contribution < -0.4 is 15.6 Å². The first-order chi connectivity index (χ1) is 32.6. The summed E-state index contributed by atoms with van der Waals surface area (Å²) in [7, 11) is -3.00. The Morgan fingerprint density at radius 1 is 0.485 bits per heavy atom. The summed E-state index contributed by atoms with van der Waals surface area (Å²) in [5.41, 5.74) is 14.6. The summed E-state index contributed by atoms with van der Waals surface area (Å²) in [5, 5.41) is 10.7. The van der Waals surface area contributed by atoms with Gasteiger partial charge in [0.25, 0.3) is 0 Å². The molecule has 66 heavy (non-hydrogen) atoms. The lowest BCUT2D eigenvalue weighted by Gasteiger charge is -2.48. The fourth-order valence-corrected chi connectivity index (χ4v) is 18.3. The normalized spacial score (nSPS) is 15.7. The van der Waals surface area contributed by atoms with Crippen molar-refractivity contribution in [2.75, 3.05) is 0 Å². The van der Waals surface area contributed by atoms with E-state index in [1.165, 1.54) is 113 Å². The van der Waals surface area contributed by atoms with Crippen LogP contribution in [0.1, 0.15) is 41.0 Å². The molecular weight excluding hydrogens is 831 g/mol. The maximum absolute atomic E-state index is 4.47. The summed E-state index contributed by atoms with van der Waals surface area (Å²) in [6, 6.07) is 82.4. The number of nitrogens with zero attached hydrogens (tertiary/aromatic N) is 1. The Bertz CT molecular complexity index is 3700. The molecule has 2 aromatic heterocycles. The number of benzene rings is 9. The zero-order valence-corrected chi connectivity index (χ0v) is 38.5. The van der Waals surface area contributed by atoms with Crippen LogP contribution in [0.2, 0.25) is 0 Å². The van der Waals surface area contributed by atoms with Crippen LogP contribution >= 0.6 is 11.3 Å². The van der Waals surface area contributed by atoms with Crippen molar-refractivity contribution >= 4 is 76.9 Å². The minimum Gasteiger partial charge on any atom is -0.309 e. The van der Waals surface area contributed by atoms with Crippen LogP contribution in [-0.4, -0.2) is 12.6 Å². The molecule has 0 N–H and O–H groups in total. The van der Waals surface area contributed by atoms with Crippen LogP contribution in [-0.2, 0) is 0 Å². The number of hydrogen-bond donors (Lipinski definition) is 0.